The van der Waals surface area contributed by atoms with E-state index in [1.54, 1.807) is 48.6 Å². The zero-order chi connectivity index (χ0) is 25.0. The molecule has 3 aromatic carbocycles. The van der Waals surface area contributed by atoms with Crippen molar-refractivity contribution in [3.63, 3.8) is 0 Å². The van der Waals surface area contributed by atoms with Gasteiger partial charge in [-0.15, -0.1) is 5.06 Å². The Kier molecular flexibility index (Phi) is 9.71. The van der Waals surface area contributed by atoms with Gasteiger partial charge in [-0.2, -0.15) is 0 Å². The number of esters is 1. The van der Waals surface area contributed by atoms with Crippen molar-refractivity contribution < 1.29 is 28.9 Å². The van der Waals surface area contributed by atoms with Crippen LogP contribution in [0, 0.1) is 0 Å². The normalized spacial score (nSPS) is 12.2. The number of aliphatic hydroxyl groups is 1. The van der Waals surface area contributed by atoms with E-state index in [4.69, 9.17) is 19.0 Å². The van der Waals surface area contributed by atoms with Crippen molar-refractivity contribution in [1.82, 2.24) is 5.06 Å². The average molecular weight is 478 g/mol. The van der Waals surface area contributed by atoms with E-state index >= 15 is 0 Å². The van der Waals surface area contributed by atoms with Crippen LogP contribution in [-0.2, 0) is 9.53 Å². The number of ether oxygens (including phenoxy) is 3. The number of aliphatic hydroxyl groups excluding tert-OH is 1. The summed E-state index contributed by atoms with van der Waals surface area (Å²) in [7, 11) is 2.94. The van der Waals surface area contributed by atoms with Gasteiger partial charge in [-0.3, -0.25) is 0 Å². The second-order valence-corrected chi connectivity index (χ2v) is 7.67. The molecule has 0 amide bonds. The van der Waals surface area contributed by atoms with Crippen molar-refractivity contribution in [3.8, 4) is 17.2 Å². The molecule has 0 aliphatic heterocycles. The van der Waals surface area contributed by atoms with Crippen molar-refractivity contribution in [2.24, 2.45) is 0 Å². The Hall–Kier alpha value is -3.81. The molecule has 7 heteroatoms. The minimum Gasteiger partial charge on any atom is -0.493 e. The predicted molar refractivity (Wildman–Crippen MR) is 135 cm³/mol. The highest BCUT2D eigenvalue weighted by Crippen LogP contribution is 2.27. The van der Waals surface area contributed by atoms with E-state index in [9.17, 15) is 9.90 Å². The molecule has 1 N–H and O–H groups in total. The second-order valence-electron chi connectivity index (χ2n) is 7.67. The van der Waals surface area contributed by atoms with Gasteiger partial charge in [-0.25, -0.2) is 4.79 Å². The molecular weight excluding hydrogens is 446 g/mol. The lowest BCUT2D eigenvalue weighted by Crippen LogP contribution is -2.37. The zero-order valence-corrected chi connectivity index (χ0v) is 20.2. The fourth-order valence-electron chi connectivity index (χ4n) is 3.36. The number of hydrogen-bond acceptors (Lipinski definition) is 7. The molecule has 0 saturated heterocycles. The maximum Gasteiger partial charge on any atom is 0.338 e. The minimum atomic E-state index is -0.784. The van der Waals surface area contributed by atoms with Crippen molar-refractivity contribution in [2.75, 3.05) is 33.9 Å². The van der Waals surface area contributed by atoms with E-state index in [2.05, 4.69) is 0 Å². The first-order chi connectivity index (χ1) is 17.0. The van der Waals surface area contributed by atoms with E-state index in [0.717, 1.165) is 5.56 Å². The molecule has 0 bridgehead atoms. The van der Waals surface area contributed by atoms with Crippen LogP contribution in [0.3, 0.4) is 0 Å². The number of nitrogens with zero attached hydrogens (tertiary/aromatic N) is 1. The van der Waals surface area contributed by atoms with Crippen LogP contribution < -0.4 is 14.3 Å². The highest BCUT2D eigenvalue weighted by molar-refractivity contribution is 6.21. The molecule has 0 radical (unpaired) electrons. The first-order valence-corrected chi connectivity index (χ1v) is 11.4. The fourth-order valence-corrected chi connectivity index (χ4v) is 3.36. The van der Waals surface area contributed by atoms with Gasteiger partial charge in [0.1, 0.15) is 18.5 Å². The molecule has 0 aromatic heterocycles. The topological polar surface area (TPSA) is 77.5 Å². The number of carbonyl (C=O) groups is 1. The van der Waals surface area contributed by atoms with Crippen LogP contribution in [-0.4, -0.2) is 56.2 Å². The average Bonchev–Trinajstić information content (AvgIpc) is 2.91. The smallest absolute Gasteiger partial charge is 0.338 e. The third kappa shape index (κ3) is 7.60. The summed E-state index contributed by atoms with van der Waals surface area (Å²) in [5.41, 5.74) is 2.04. The molecule has 1 atom stereocenters. The minimum absolute atomic E-state index is 0.0782. The van der Waals surface area contributed by atoms with Crippen molar-refractivity contribution in [1.29, 1.82) is 0 Å². The summed E-state index contributed by atoms with van der Waals surface area (Å²) >= 11 is 0. The zero-order valence-electron chi connectivity index (χ0n) is 20.2. The number of hydroxylamine groups is 2. The number of benzene rings is 3. The van der Waals surface area contributed by atoms with E-state index in [0.29, 0.717) is 34.9 Å². The molecule has 0 fully saturated rings. The molecule has 0 spiro atoms. The predicted octanol–water partition coefficient (Wildman–Crippen LogP) is 4.46. The molecule has 35 heavy (non-hydrogen) atoms. The van der Waals surface area contributed by atoms with Crippen LogP contribution in [0.4, 0.5) is 0 Å². The third-order valence-corrected chi connectivity index (χ3v) is 5.19. The number of carbonyl (C=O) groups excluding carboxylic acids is 1. The van der Waals surface area contributed by atoms with E-state index < -0.39 is 12.1 Å². The molecule has 0 heterocycles. The Bertz CT molecular complexity index is 1100. The van der Waals surface area contributed by atoms with Crippen LogP contribution >= 0.6 is 0 Å². The number of likely N-dealkylation sites (N-methyl/N-ethyl adjacent to an activating group) is 1. The van der Waals surface area contributed by atoms with Gasteiger partial charge in [0.25, 0.3) is 0 Å². The maximum absolute atomic E-state index is 12.3. The molecule has 7 nitrogen and oxygen atoms in total. The monoisotopic (exact) mass is 477 g/mol. The van der Waals surface area contributed by atoms with Gasteiger partial charge in [-0.05, 0) is 48.4 Å². The maximum atomic E-state index is 12.3. The molecular formula is C28H31NO6. The molecule has 0 aliphatic carbocycles. The quantitative estimate of drug-likeness (QED) is 0.179. The molecule has 3 rings (SSSR count). The molecule has 184 valence electrons. The van der Waals surface area contributed by atoms with Crippen molar-refractivity contribution in [2.45, 2.75) is 13.0 Å². The first-order valence-electron chi connectivity index (χ1n) is 11.4. The van der Waals surface area contributed by atoms with Gasteiger partial charge < -0.3 is 24.2 Å². The van der Waals surface area contributed by atoms with Crippen LogP contribution in [0.2, 0.25) is 0 Å². The summed E-state index contributed by atoms with van der Waals surface area (Å²) < 4.78 is 16.0. The van der Waals surface area contributed by atoms with Crippen molar-refractivity contribution >= 4 is 17.6 Å². The van der Waals surface area contributed by atoms with Crippen LogP contribution in [0.1, 0.15) is 18.1 Å². The lowest BCUT2D eigenvalue weighted by molar-refractivity contribution is -0.133. The summed E-state index contributed by atoms with van der Waals surface area (Å²) in [5.74, 6) is 1.34. The number of para-hydroxylation sites is 2. The lowest BCUT2D eigenvalue weighted by Gasteiger charge is -2.24. The Labute approximate surface area is 206 Å². The largest absolute Gasteiger partial charge is 0.493 e. The van der Waals surface area contributed by atoms with Crippen LogP contribution in [0.5, 0.6) is 17.2 Å². The summed E-state index contributed by atoms with van der Waals surface area (Å²) in [6.45, 7) is 2.82. The van der Waals surface area contributed by atoms with Gasteiger partial charge in [0.05, 0.1) is 26.3 Å². The second kappa shape index (κ2) is 13.2. The van der Waals surface area contributed by atoms with Gasteiger partial charge in [0.15, 0.2) is 11.5 Å². The summed E-state index contributed by atoms with van der Waals surface area (Å²) in [4.78, 5) is 18.2. The lowest BCUT2D eigenvalue weighted by atomic mass is 10.0. The highest BCUT2D eigenvalue weighted by atomic mass is 16.7. The van der Waals surface area contributed by atoms with E-state index in [1.807, 2.05) is 55.5 Å². The summed E-state index contributed by atoms with van der Waals surface area (Å²) in [6.07, 6.45) is 1.000. The molecule has 0 saturated carbocycles. The van der Waals surface area contributed by atoms with E-state index in [1.165, 1.54) is 7.11 Å². The van der Waals surface area contributed by atoms with Gasteiger partial charge in [0, 0.05) is 6.54 Å². The standard InChI is InChI=1S/C28H31NO6/c1-4-29(35-27-13-9-8-12-26(27)32-2)19-23(30)20-34-24-16-14-22(15-17-24)25(28(31)33-3)18-21-10-6-5-7-11-21/h5-18,23,30H,4,19-20H2,1-3H3/b25-18-. The van der Waals surface area contributed by atoms with Crippen LogP contribution in [0.15, 0.2) is 78.9 Å². The Balaban J connectivity index is 1.59. The third-order valence-electron chi connectivity index (χ3n) is 5.19. The number of rotatable bonds is 12. The van der Waals surface area contributed by atoms with Gasteiger partial charge >= 0.3 is 5.97 Å². The number of methoxy groups -OCH3 is 2. The SMILES string of the molecule is CCN(CC(O)COc1ccc(/C(=C/c2ccccc2)C(=O)OC)cc1)Oc1ccccc1OC. The summed E-state index contributed by atoms with van der Waals surface area (Å²) in [5, 5.41) is 12.1. The Morgan fingerprint density at radius 3 is 2.23 bits per heavy atom. The fraction of sp³-hybridized carbons (Fsp3) is 0.250. The summed E-state index contributed by atoms with van der Waals surface area (Å²) in [6, 6.07) is 24.0. The number of hydrogen-bond donors (Lipinski definition) is 1. The Morgan fingerprint density at radius 1 is 0.943 bits per heavy atom. The molecule has 3 aromatic rings. The first kappa shape index (κ1) is 25.8. The van der Waals surface area contributed by atoms with Crippen molar-refractivity contribution in [3.05, 3.63) is 90.0 Å². The van der Waals surface area contributed by atoms with Gasteiger partial charge in [0.2, 0.25) is 0 Å². The molecule has 0 aliphatic rings. The Morgan fingerprint density at radius 2 is 1.60 bits per heavy atom. The van der Waals surface area contributed by atoms with Gasteiger partial charge in [-0.1, -0.05) is 54.6 Å². The highest BCUT2D eigenvalue weighted by Gasteiger charge is 2.16. The molecule has 1 unspecified atom stereocenters. The van der Waals surface area contributed by atoms with Crippen LogP contribution in [0.25, 0.3) is 11.6 Å². The van der Waals surface area contributed by atoms with E-state index in [-0.39, 0.29) is 13.2 Å².